The fraction of sp³-hybridized carbons (Fsp3) is 0.368. The van der Waals surface area contributed by atoms with Gasteiger partial charge in [0, 0.05) is 11.6 Å². The third-order valence-corrected chi connectivity index (χ3v) is 3.67. The quantitative estimate of drug-likeness (QED) is 0.439. The number of aromatic nitrogens is 1. The van der Waals surface area contributed by atoms with Crippen LogP contribution in [0.5, 0.6) is 0 Å². The van der Waals surface area contributed by atoms with Crippen molar-refractivity contribution in [2.24, 2.45) is 0 Å². The smallest absolute Gasteiger partial charge is 0.344 e. The molecule has 0 aliphatic heterocycles. The third-order valence-electron chi connectivity index (χ3n) is 3.67. The molecule has 0 saturated carbocycles. The molecule has 1 aromatic carbocycles. The highest BCUT2D eigenvalue weighted by Crippen LogP contribution is 2.23. The van der Waals surface area contributed by atoms with Gasteiger partial charge in [-0.3, -0.25) is 0 Å². The molecule has 0 aliphatic rings. The van der Waals surface area contributed by atoms with Gasteiger partial charge in [0.05, 0.1) is 6.61 Å². The second-order valence-corrected chi connectivity index (χ2v) is 5.31. The van der Waals surface area contributed by atoms with Gasteiger partial charge in [-0.1, -0.05) is 50.1 Å². The maximum absolute atomic E-state index is 12.4. The number of nitrogens with zero attached hydrogens (tertiary/aromatic N) is 1. The van der Waals surface area contributed by atoms with Crippen molar-refractivity contribution in [2.45, 2.75) is 39.7 Å². The molecule has 3 heteroatoms. The highest BCUT2D eigenvalue weighted by atomic mass is 16.5. The molecule has 116 valence electrons. The van der Waals surface area contributed by atoms with Crippen molar-refractivity contribution in [3.8, 4) is 11.1 Å². The van der Waals surface area contributed by atoms with Crippen LogP contribution in [-0.4, -0.2) is 12.6 Å². The standard InChI is InChI=1S/C19H24NO2/c1-3-5-9-14-22-19(21)18-15-20(4-2)13-12-17(18)16-10-7-6-8-11-16/h6-8,10-13,15H,3-5,9,14H2,1-2H3/q+1. The van der Waals surface area contributed by atoms with Gasteiger partial charge in [-0.05, 0) is 18.9 Å². The summed E-state index contributed by atoms with van der Waals surface area (Å²) in [4.78, 5) is 12.4. The Labute approximate surface area is 132 Å². The zero-order chi connectivity index (χ0) is 15.8. The lowest BCUT2D eigenvalue weighted by Gasteiger charge is -2.09. The predicted molar refractivity (Wildman–Crippen MR) is 87.6 cm³/mol. The normalized spacial score (nSPS) is 10.5. The monoisotopic (exact) mass is 298 g/mol. The number of carbonyl (C=O) groups excluding carboxylic acids is 1. The van der Waals surface area contributed by atoms with E-state index >= 15 is 0 Å². The first-order chi connectivity index (χ1) is 10.8. The van der Waals surface area contributed by atoms with Gasteiger partial charge in [0.1, 0.15) is 12.1 Å². The van der Waals surface area contributed by atoms with E-state index in [1.165, 1.54) is 0 Å². The number of unbranched alkanes of at least 4 members (excludes halogenated alkanes) is 2. The summed E-state index contributed by atoms with van der Waals surface area (Å²) >= 11 is 0. The SMILES string of the molecule is CCCCCOC(=O)c1c[n+](CC)ccc1-c1ccccc1. The van der Waals surface area contributed by atoms with Crippen LogP contribution in [0.4, 0.5) is 0 Å². The fourth-order valence-corrected chi connectivity index (χ4v) is 2.36. The second kappa shape index (κ2) is 8.32. The average molecular weight is 298 g/mol. The number of carbonyl (C=O) groups is 1. The maximum Gasteiger partial charge on any atom is 0.344 e. The Hall–Kier alpha value is -2.16. The number of ether oxygens (including phenoxy) is 1. The summed E-state index contributed by atoms with van der Waals surface area (Å²) < 4.78 is 7.43. The summed E-state index contributed by atoms with van der Waals surface area (Å²) in [5, 5.41) is 0. The highest BCUT2D eigenvalue weighted by molar-refractivity contribution is 5.96. The molecule has 2 rings (SSSR count). The van der Waals surface area contributed by atoms with E-state index in [1.807, 2.05) is 53.4 Å². The number of esters is 1. The molecule has 0 saturated heterocycles. The van der Waals surface area contributed by atoms with Crippen molar-refractivity contribution in [1.29, 1.82) is 0 Å². The number of aryl methyl sites for hydroxylation is 1. The molecule has 0 amide bonds. The van der Waals surface area contributed by atoms with Gasteiger partial charge >= 0.3 is 5.97 Å². The summed E-state index contributed by atoms with van der Waals surface area (Å²) in [5.41, 5.74) is 2.59. The average Bonchev–Trinajstić information content (AvgIpc) is 2.58. The number of hydrogen-bond donors (Lipinski definition) is 0. The topological polar surface area (TPSA) is 30.2 Å². The third kappa shape index (κ3) is 4.17. The first-order valence-corrected chi connectivity index (χ1v) is 8.02. The van der Waals surface area contributed by atoms with Gasteiger partial charge in [0.25, 0.3) is 0 Å². The number of pyridine rings is 1. The summed E-state index contributed by atoms with van der Waals surface area (Å²) in [6, 6.07) is 11.9. The van der Waals surface area contributed by atoms with E-state index in [4.69, 9.17) is 4.74 Å². The minimum Gasteiger partial charge on any atom is -0.462 e. The fourth-order valence-electron chi connectivity index (χ4n) is 2.36. The Morgan fingerprint density at radius 3 is 2.55 bits per heavy atom. The largest absolute Gasteiger partial charge is 0.462 e. The number of benzene rings is 1. The molecule has 22 heavy (non-hydrogen) atoms. The van der Waals surface area contributed by atoms with Crippen LogP contribution >= 0.6 is 0 Å². The van der Waals surface area contributed by atoms with Gasteiger partial charge < -0.3 is 4.74 Å². The Morgan fingerprint density at radius 2 is 1.86 bits per heavy atom. The molecular formula is C19H24NO2+. The minimum absolute atomic E-state index is 0.238. The van der Waals surface area contributed by atoms with Crippen LogP contribution in [-0.2, 0) is 11.3 Å². The van der Waals surface area contributed by atoms with E-state index in [-0.39, 0.29) is 5.97 Å². The molecule has 1 heterocycles. The van der Waals surface area contributed by atoms with Crippen LogP contribution in [0.15, 0.2) is 48.8 Å². The van der Waals surface area contributed by atoms with Crippen LogP contribution in [0, 0.1) is 0 Å². The second-order valence-electron chi connectivity index (χ2n) is 5.31. The van der Waals surface area contributed by atoms with E-state index in [0.717, 1.165) is 36.9 Å². The Balaban J connectivity index is 2.25. The van der Waals surface area contributed by atoms with E-state index in [2.05, 4.69) is 13.8 Å². The van der Waals surface area contributed by atoms with E-state index < -0.39 is 0 Å². The highest BCUT2D eigenvalue weighted by Gasteiger charge is 2.18. The van der Waals surface area contributed by atoms with Crippen molar-refractivity contribution in [3.63, 3.8) is 0 Å². The van der Waals surface area contributed by atoms with Gasteiger partial charge in [0.2, 0.25) is 0 Å². The van der Waals surface area contributed by atoms with Gasteiger partial charge in [-0.25, -0.2) is 9.36 Å². The molecule has 0 atom stereocenters. The summed E-state index contributed by atoms with van der Waals surface area (Å²) in [6.45, 7) is 5.50. The zero-order valence-electron chi connectivity index (χ0n) is 13.4. The van der Waals surface area contributed by atoms with Gasteiger partial charge in [-0.15, -0.1) is 0 Å². The molecule has 0 radical (unpaired) electrons. The lowest BCUT2D eigenvalue weighted by molar-refractivity contribution is -0.693. The zero-order valence-corrected chi connectivity index (χ0v) is 13.4. The maximum atomic E-state index is 12.4. The van der Waals surface area contributed by atoms with Crippen molar-refractivity contribution in [2.75, 3.05) is 6.61 Å². The van der Waals surface area contributed by atoms with Crippen LogP contribution in [0.25, 0.3) is 11.1 Å². The Morgan fingerprint density at radius 1 is 1.09 bits per heavy atom. The van der Waals surface area contributed by atoms with E-state index in [1.54, 1.807) is 0 Å². The van der Waals surface area contributed by atoms with Crippen LogP contribution in [0.1, 0.15) is 43.5 Å². The molecule has 0 bridgehead atoms. The van der Waals surface area contributed by atoms with Crippen LogP contribution < -0.4 is 4.57 Å². The summed E-state index contributed by atoms with van der Waals surface area (Å²) in [5.74, 6) is -0.238. The number of rotatable bonds is 7. The Kier molecular flexibility index (Phi) is 6.13. The summed E-state index contributed by atoms with van der Waals surface area (Å²) in [7, 11) is 0. The van der Waals surface area contributed by atoms with Crippen molar-refractivity contribution in [3.05, 3.63) is 54.4 Å². The molecule has 0 spiro atoms. The van der Waals surface area contributed by atoms with Gasteiger partial charge in [-0.2, -0.15) is 0 Å². The molecule has 0 unspecified atom stereocenters. The molecule has 1 aromatic heterocycles. The van der Waals surface area contributed by atoms with E-state index in [0.29, 0.717) is 12.2 Å². The first kappa shape index (κ1) is 16.2. The lowest BCUT2D eigenvalue weighted by Crippen LogP contribution is -2.32. The molecule has 0 fully saturated rings. The predicted octanol–water partition coefficient (Wildman–Crippen LogP) is 4.01. The first-order valence-electron chi connectivity index (χ1n) is 8.02. The van der Waals surface area contributed by atoms with Crippen molar-refractivity contribution < 1.29 is 14.1 Å². The van der Waals surface area contributed by atoms with E-state index in [9.17, 15) is 4.79 Å². The Bertz CT molecular complexity index is 608. The van der Waals surface area contributed by atoms with Crippen molar-refractivity contribution in [1.82, 2.24) is 0 Å². The lowest BCUT2D eigenvalue weighted by atomic mass is 10.0. The van der Waals surface area contributed by atoms with Crippen molar-refractivity contribution >= 4 is 5.97 Å². The number of hydrogen-bond acceptors (Lipinski definition) is 2. The molecule has 3 nitrogen and oxygen atoms in total. The molecule has 0 aliphatic carbocycles. The minimum atomic E-state index is -0.238. The van der Waals surface area contributed by atoms with Crippen LogP contribution in [0.3, 0.4) is 0 Å². The summed E-state index contributed by atoms with van der Waals surface area (Å²) in [6.07, 6.45) is 7.00. The van der Waals surface area contributed by atoms with Crippen LogP contribution in [0.2, 0.25) is 0 Å². The molecular weight excluding hydrogens is 274 g/mol. The molecule has 2 aromatic rings. The van der Waals surface area contributed by atoms with Gasteiger partial charge in [0.15, 0.2) is 12.4 Å². The molecule has 0 N–H and O–H groups in total.